The summed E-state index contributed by atoms with van der Waals surface area (Å²) >= 11 is 0. The number of hydrogen-bond donors (Lipinski definition) is 1. The number of methoxy groups -OCH3 is 1. The Kier molecular flexibility index (Phi) is 6.58. The Labute approximate surface area is 225 Å². The molecule has 198 valence electrons. The van der Waals surface area contributed by atoms with Crippen LogP contribution in [0.3, 0.4) is 0 Å². The Morgan fingerprint density at radius 3 is 2.33 bits per heavy atom. The molecule has 3 aromatic carbocycles. The number of ether oxygens (including phenoxy) is 2. The number of aromatic hydroxyl groups is 1. The predicted molar refractivity (Wildman–Crippen MR) is 150 cm³/mol. The van der Waals surface area contributed by atoms with Crippen LogP contribution in [0.25, 0.3) is 22.5 Å². The SMILES string of the molecule is COCC[OH+]c1ccc(N2CCN(c3cccc4c3-c3nc(N)nc(-c5ccccc5)c3C4=O)CC2)c(F)c1. The van der Waals surface area contributed by atoms with Crippen LogP contribution in [0.5, 0.6) is 5.75 Å². The van der Waals surface area contributed by atoms with Gasteiger partial charge in [0.1, 0.15) is 6.61 Å². The lowest BCUT2D eigenvalue weighted by Crippen LogP contribution is -2.47. The van der Waals surface area contributed by atoms with Gasteiger partial charge in [-0.3, -0.25) is 4.79 Å². The van der Waals surface area contributed by atoms with Crippen molar-refractivity contribution in [1.29, 1.82) is 0 Å². The van der Waals surface area contributed by atoms with E-state index in [0.717, 1.165) is 16.8 Å². The number of aromatic nitrogens is 2. The maximum absolute atomic E-state index is 15.0. The predicted octanol–water partition coefficient (Wildman–Crippen LogP) is 4.29. The number of ketones is 1. The largest absolute Gasteiger partial charge is 0.581 e. The maximum Gasteiger partial charge on any atom is 0.257 e. The lowest BCUT2D eigenvalue weighted by atomic mass is 10.0. The molecule has 8 nitrogen and oxygen atoms in total. The van der Waals surface area contributed by atoms with Crippen molar-refractivity contribution in [2.75, 3.05) is 62.0 Å². The zero-order chi connectivity index (χ0) is 26.9. The minimum atomic E-state index is -0.289. The van der Waals surface area contributed by atoms with Gasteiger partial charge in [0.25, 0.3) is 5.75 Å². The van der Waals surface area contributed by atoms with Crippen LogP contribution in [0.1, 0.15) is 15.9 Å². The van der Waals surface area contributed by atoms with Crippen LogP contribution < -0.4 is 15.5 Å². The van der Waals surface area contributed by atoms with E-state index < -0.39 is 0 Å². The van der Waals surface area contributed by atoms with E-state index in [2.05, 4.69) is 19.6 Å². The van der Waals surface area contributed by atoms with Crippen LogP contribution in [-0.2, 0) is 4.74 Å². The summed E-state index contributed by atoms with van der Waals surface area (Å²) < 4.78 is 24.3. The summed E-state index contributed by atoms with van der Waals surface area (Å²) in [4.78, 5) is 26.9. The van der Waals surface area contributed by atoms with Crippen molar-refractivity contribution in [3.05, 3.63) is 83.7 Å². The molecular weight excluding hydrogens is 497 g/mol. The number of piperazine rings is 1. The molecule has 6 rings (SSSR count). The zero-order valence-corrected chi connectivity index (χ0v) is 21.6. The standard InChI is InChI=1S/C30H28FN5O3/c1-38-16-17-39-20-10-11-23(22(31)18-20)35-12-14-36(15-13-35)24-9-5-8-21-25(24)28-26(29(21)37)27(33-30(32)34-28)19-6-3-2-4-7-19/h2-11,18H,12-17H2,1H3,(H2,32,33,34)/p+1. The minimum Gasteiger partial charge on any atom is -0.581 e. The van der Waals surface area contributed by atoms with Crippen LogP contribution in [0.4, 0.5) is 21.7 Å². The lowest BCUT2D eigenvalue weighted by molar-refractivity contribution is 0.0208. The number of carbonyl (C=O) groups excluding carboxylic acids is 1. The van der Waals surface area contributed by atoms with Gasteiger partial charge < -0.3 is 25.0 Å². The van der Waals surface area contributed by atoms with Crippen molar-refractivity contribution in [1.82, 2.24) is 9.97 Å². The monoisotopic (exact) mass is 526 g/mol. The number of carbonyl (C=O) groups is 1. The fourth-order valence-electron chi connectivity index (χ4n) is 5.36. The number of benzene rings is 3. The Bertz CT molecular complexity index is 1540. The first-order valence-corrected chi connectivity index (χ1v) is 12.9. The van der Waals surface area contributed by atoms with Gasteiger partial charge in [-0.2, -0.15) is 0 Å². The third kappa shape index (κ3) is 4.55. The van der Waals surface area contributed by atoms with Crippen LogP contribution in [0, 0.1) is 5.82 Å². The molecule has 0 amide bonds. The van der Waals surface area contributed by atoms with Gasteiger partial charge in [-0.1, -0.05) is 42.5 Å². The van der Waals surface area contributed by atoms with Gasteiger partial charge in [-0.15, -0.1) is 0 Å². The van der Waals surface area contributed by atoms with Crippen LogP contribution in [-0.4, -0.2) is 67.0 Å². The zero-order valence-electron chi connectivity index (χ0n) is 21.6. The van der Waals surface area contributed by atoms with Crippen molar-refractivity contribution < 1.29 is 18.7 Å². The van der Waals surface area contributed by atoms with Crippen LogP contribution in [0.2, 0.25) is 0 Å². The summed E-state index contributed by atoms with van der Waals surface area (Å²) in [5, 5.41) is 0. The van der Waals surface area contributed by atoms with Gasteiger partial charge in [0, 0.05) is 61.7 Å². The molecule has 1 fully saturated rings. The van der Waals surface area contributed by atoms with Gasteiger partial charge in [0.2, 0.25) is 5.95 Å². The number of halogens is 1. The van der Waals surface area contributed by atoms with E-state index >= 15 is 0 Å². The van der Waals surface area contributed by atoms with E-state index in [9.17, 15) is 9.18 Å². The highest BCUT2D eigenvalue weighted by Gasteiger charge is 2.36. The molecule has 2 aliphatic rings. The topological polar surface area (TPSA) is 97.4 Å². The van der Waals surface area contributed by atoms with Crippen molar-refractivity contribution >= 4 is 23.1 Å². The third-order valence-corrected chi connectivity index (χ3v) is 7.21. The number of fused-ring (bicyclic) bond motifs is 3. The molecule has 0 spiro atoms. The number of rotatable bonds is 7. The van der Waals surface area contributed by atoms with Gasteiger partial charge in [-0.05, 0) is 12.1 Å². The van der Waals surface area contributed by atoms with Crippen molar-refractivity contribution in [3.8, 4) is 28.3 Å². The molecule has 9 heteroatoms. The normalized spacial score (nSPS) is 14.4. The molecule has 1 aromatic heterocycles. The summed E-state index contributed by atoms with van der Waals surface area (Å²) in [5.74, 6) is 0.340. The first-order valence-electron chi connectivity index (χ1n) is 12.9. The fourth-order valence-corrected chi connectivity index (χ4v) is 5.36. The third-order valence-electron chi connectivity index (χ3n) is 7.21. The number of nitrogens with zero attached hydrogens (tertiary/aromatic N) is 4. The minimum absolute atomic E-state index is 0.0996. The Morgan fingerprint density at radius 2 is 1.62 bits per heavy atom. The average molecular weight is 527 g/mol. The van der Waals surface area contributed by atoms with E-state index in [4.69, 9.17) is 10.5 Å². The summed E-state index contributed by atoms with van der Waals surface area (Å²) in [6.45, 7) is 3.56. The van der Waals surface area contributed by atoms with E-state index in [-0.39, 0.29) is 17.5 Å². The van der Waals surface area contributed by atoms with Gasteiger partial charge in [0.15, 0.2) is 18.2 Å². The average Bonchev–Trinajstić information content (AvgIpc) is 3.25. The maximum atomic E-state index is 15.0. The molecule has 1 aliphatic heterocycles. The van der Waals surface area contributed by atoms with E-state index in [1.165, 1.54) is 6.07 Å². The van der Waals surface area contributed by atoms with Crippen LogP contribution in [0.15, 0.2) is 66.7 Å². The quantitative estimate of drug-likeness (QED) is 0.250. The first kappa shape index (κ1) is 24.8. The summed E-state index contributed by atoms with van der Waals surface area (Å²) in [5.41, 5.74) is 11.4. The smallest absolute Gasteiger partial charge is 0.257 e. The summed E-state index contributed by atoms with van der Waals surface area (Å²) in [7, 11) is 1.62. The first-order chi connectivity index (χ1) is 19.0. The fraction of sp³-hybridized carbons (Fsp3) is 0.233. The highest BCUT2D eigenvalue weighted by atomic mass is 19.1. The molecule has 1 aliphatic carbocycles. The molecule has 1 saturated heterocycles. The van der Waals surface area contributed by atoms with Crippen LogP contribution >= 0.6 is 0 Å². The second-order valence-electron chi connectivity index (χ2n) is 9.53. The van der Waals surface area contributed by atoms with Gasteiger partial charge in [0.05, 0.1) is 28.7 Å². The van der Waals surface area contributed by atoms with E-state index in [1.807, 2.05) is 59.5 Å². The molecule has 0 radical (unpaired) electrons. The second-order valence-corrected chi connectivity index (χ2v) is 9.53. The Balaban J connectivity index is 1.27. The molecule has 3 N–H and O–H groups in total. The number of anilines is 3. The van der Waals surface area contributed by atoms with E-state index in [1.54, 1.807) is 13.2 Å². The number of nitrogen functional groups attached to an aromatic ring is 1. The number of nitrogens with two attached hydrogens (primary N) is 1. The summed E-state index contributed by atoms with van der Waals surface area (Å²) in [6.07, 6.45) is 0. The molecule has 0 unspecified atom stereocenters. The highest BCUT2D eigenvalue weighted by Crippen LogP contribution is 2.45. The molecule has 0 bridgehead atoms. The molecule has 0 saturated carbocycles. The molecule has 4 aromatic rings. The van der Waals surface area contributed by atoms with Crippen molar-refractivity contribution in [2.24, 2.45) is 0 Å². The highest BCUT2D eigenvalue weighted by molar-refractivity contribution is 6.25. The Morgan fingerprint density at radius 1 is 0.897 bits per heavy atom. The number of aliphatic hydroxyl groups is 1. The van der Waals surface area contributed by atoms with Crippen molar-refractivity contribution in [2.45, 2.75) is 0 Å². The van der Waals surface area contributed by atoms with Gasteiger partial charge >= 0.3 is 0 Å². The molecule has 0 atom stereocenters. The lowest BCUT2D eigenvalue weighted by Gasteiger charge is -2.38. The second kappa shape index (κ2) is 10.3. The Hall–Kier alpha value is -4.50. The van der Waals surface area contributed by atoms with Crippen molar-refractivity contribution in [3.63, 3.8) is 0 Å². The van der Waals surface area contributed by atoms with Gasteiger partial charge in [-0.25, -0.2) is 14.4 Å². The molecule has 2 heterocycles. The van der Waals surface area contributed by atoms with E-state index in [0.29, 0.717) is 73.3 Å². The number of hydrogen-bond acceptors (Lipinski definition) is 7. The molecule has 39 heavy (non-hydrogen) atoms. The molecular formula is C30H29FN5O3+. The summed E-state index contributed by atoms with van der Waals surface area (Å²) in [6, 6.07) is 20.4.